The zero-order chi connectivity index (χ0) is 14.3. The van der Waals surface area contributed by atoms with Crippen molar-refractivity contribution in [2.24, 2.45) is 0 Å². The van der Waals surface area contributed by atoms with Gasteiger partial charge in [-0.1, -0.05) is 0 Å². The predicted molar refractivity (Wildman–Crippen MR) is 65.4 cm³/mol. The SMILES string of the molecule is N#Cc1cc(F)c(-n2nc3n(c2=O)CCCC3)cc1F. The Morgan fingerprint density at radius 1 is 1.25 bits per heavy atom. The molecule has 0 radical (unpaired) electrons. The van der Waals surface area contributed by atoms with Gasteiger partial charge in [0.1, 0.15) is 23.4 Å². The van der Waals surface area contributed by atoms with Gasteiger partial charge in [0.15, 0.2) is 5.82 Å². The van der Waals surface area contributed by atoms with Gasteiger partial charge in [-0.2, -0.15) is 9.94 Å². The van der Waals surface area contributed by atoms with Crippen LogP contribution in [-0.2, 0) is 13.0 Å². The molecule has 2 heterocycles. The molecule has 2 aromatic rings. The molecule has 1 aromatic heterocycles. The summed E-state index contributed by atoms with van der Waals surface area (Å²) in [6, 6.07) is 3.15. The van der Waals surface area contributed by atoms with E-state index in [-0.39, 0.29) is 5.69 Å². The minimum Gasteiger partial charge on any atom is -0.279 e. The Balaban J connectivity index is 2.20. The highest BCUT2D eigenvalue weighted by Crippen LogP contribution is 2.18. The second-order valence-corrected chi connectivity index (χ2v) is 4.61. The smallest absolute Gasteiger partial charge is 0.279 e. The average Bonchev–Trinajstić information content (AvgIpc) is 2.78. The summed E-state index contributed by atoms with van der Waals surface area (Å²) in [6.07, 6.45) is 2.42. The van der Waals surface area contributed by atoms with Gasteiger partial charge in [-0.05, 0) is 18.9 Å². The summed E-state index contributed by atoms with van der Waals surface area (Å²) in [5.41, 5.74) is -1.15. The van der Waals surface area contributed by atoms with Crippen LogP contribution in [0.4, 0.5) is 8.78 Å². The molecule has 1 aliphatic heterocycles. The zero-order valence-electron chi connectivity index (χ0n) is 10.4. The molecule has 0 spiro atoms. The molecule has 0 bridgehead atoms. The van der Waals surface area contributed by atoms with E-state index in [0.717, 1.165) is 29.7 Å². The number of nitriles is 1. The maximum absolute atomic E-state index is 13.9. The van der Waals surface area contributed by atoms with E-state index in [1.165, 1.54) is 4.57 Å². The van der Waals surface area contributed by atoms with Gasteiger partial charge in [0.05, 0.1) is 5.56 Å². The lowest BCUT2D eigenvalue weighted by molar-refractivity contribution is 0.512. The molecule has 0 atom stereocenters. The average molecular weight is 276 g/mol. The van der Waals surface area contributed by atoms with Crippen LogP contribution in [0.1, 0.15) is 24.2 Å². The number of fused-ring (bicyclic) bond motifs is 1. The zero-order valence-corrected chi connectivity index (χ0v) is 10.4. The van der Waals surface area contributed by atoms with E-state index in [1.54, 1.807) is 6.07 Å². The van der Waals surface area contributed by atoms with Crippen LogP contribution in [0.25, 0.3) is 5.69 Å². The second kappa shape index (κ2) is 4.56. The van der Waals surface area contributed by atoms with Crippen LogP contribution in [0.5, 0.6) is 0 Å². The molecular formula is C13H10F2N4O. The Kier molecular flexibility index (Phi) is 2.86. The van der Waals surface area contributed by atoms with Crippen molar-refractivity contribution in [1.29, 1.82) is 5.26 Å². The molecule has 0 fully saturated rings. The molecule has 7 heteroatoms. The molecule has 5 nitrogen and oxygen atoms in total. The van der Waals surface area contributed by atoms with Crippen molar-refractivity contribution in [3.05, 3.63) is 45.6 Å². The second-order valence-electron chi connectivity index (χ2n) is 4.61. The quantitative estimate of drug-likeness (QED) is 0.793. The predicted octanol–water partition coefficient (Wildman–Crippen LogP) is 1.52. The summed E-state index contributed by atoms with van der Waals surface area (Å²) >= 11 is 0. The first-order valence-corrected chi connectivity index (χ1v) is 6.20. The van der Waals surface area contributed by atoms with E-state index in [4.69, 9.17) is 5.26 Å². The van der Waals surface area contributed by atoms with E-state index in [1.807, 2.05) is 0 Å². The molecule has 3 rings (SSSR count). The van der Waals surface area contributed by atoms with Gasteiger partial charge in [-0.15, -0.1) is 5.10 Å². The minimum absolute atomic E-state index is 0.270. The van der Waals surface area contributed by atoms with Gasteiger partial charge < -0.3 is 0 Å². The summed E-state index contributed by atoms with van der Waals surface area (Å²) < 4.78 is 29.8. The van der Waals surface area contributed by atoms with Crippen molar-refractivity contribution < 1.29 is 8.78 Å². The van der Waals surface area contributed by atoms with Crippen molar-refractivity contribution in [2.75, 3.05) is 0 Å². The molecule has 0 saturated carbocycles. The maximum Gasteiger partial charge on any atom is 0.350 e. The van der Waals surface area contributed by atoms with E-state index in [9.17, 15) is 13.6 Å². The summed E-state index contributed by atoms with van der Waals surface area (Å²) in [5.74, 6) is -1.15. The van der Waals surface area contributed by atoms with Crippen molar-refractivity contribution in [3.63, 3.8) is 0 Å². The van der Waals surface area contributed by atoms with Gasteiger partial charge in [-0.3, -0.25) is 4.57 Å². The fourth-order valence-electron chi connectivity index (χ4n) is 2.34. The van der Waals surface area contributed by atoms with Crippen molar-refractivity contribution in [2.45, 2.75) is 25.8 Å². The summed E-state index contributed by atoms with van der Waals surface area (Å²) in [7, 11) is 0. The van der Waals surface area contributed by atoms with Gasteiger partial charge in [0, 0.05) is 19.0 Å². The first-order chi connectivity index (χ1) is 9.61. The molecule has 0 N–H and O–H groups in total. The number of aromatic nitrogens is 3. The molecular weight excluding hydrogens is 266 g/mol. The molecule has 0 amide bonds. The molecule has 102 valence electrons. The van der Waals surface area contributed by atoms with E-state index in [0.29, 0.717) is 18.8 Å². The van der Waals surface area contributed by atoms with Crippen molar-refractivity contribution in [1.82, 2.24) is 14.3 Å². The van der Waals surface area contributed by atoms with Crippen LogP contribution in [-0.4, -0.2) is 14.3 Å². The standard InChI is InChI=1S/C13H10F2N4O/c14-9-6-11(10(15)5-8(9)7-16)19-13(20)18-4-2-1-3-12(18)17-19/h5-6H,1-4H2. The Morgan fingerprint density at radius 3 is 2.75 bits per heavy atom. The molecule has 1 aromatic carbocycles. The van der Waals surface area contributed by atoms with E-state index < -0.39 is 22.9 Å². The Hall–Kier alpha value is -2.49. The van der Waals surface area contributed by atoms with Crippen LogP contribution in [0.2, 0.25) is 0 Å². The third-order valence-corrected chi connectivity index (χ3v) is 3.36. The first kappa shape index (κ1) is 12.5. The number of nitrogens with zero attached hydrogens (tertiary/aromatic N) is 4. The number of hydrogen-bond acceptors (Lipinski definition) is 3. The van der Waals surface area contributed by atoms with Crippen molar-refractivity contribution >= 4 is 0 Å². The third-order valence-electron chi connectivity index (χ3n) is 3.36. The number of rotatable bonds is 1. The van der Waals surface area contributed by atoms with Gasteiger partial charge in [0.2, 0.25) is 0 Å². The van der Waals surface area contributed by atoms with Crippen molar-refractivity contribution in [3.8, 4) is 11.8 Å². The number of aryl methyl sites for hydroxylation is 1. The van der Waals surface area contributed by atoms with Crippen LogP contribution in [0, 0.1) is 23.0 Å². The largest absolute Gasteiger partial charge is 0.350 e. The van der Waals surface area contributed by atoms with E-state index >= 15 is 0 Å². The summed E-state index contributed by atoms with van der Waals surface area (Å²) in [4.78, 5) is 12.1. The number of benzene rings is 1. The van der Waals surface area contributed by atoms with Gasteiger partial charge in [-0.25, -0.2) is 13.6 Å². The Bertz CT molecular complexity index is 785. The minimum atomic E-state index is -0.873. The van der Waals surface area contributed by atoms with Crippen LogP contribution in [0.3, 0.4) is 0 Å². The highest BCUT2D eigenvalue weighted by Gasteiger charge is 2.20. The third kappa shape index (κ3) is 1.81. The van der Waals surface area contributed by atoms with Crippen LogP contribution in [0.15, 0.2) is 16.9 Å². The maximum atomic E-state index is 13.9. The Morgan fingerprint density at radius 2 is 2.05 bits per heavy atom. The van der Waals surface area contributed by atoms with Gasteiger partial charge in [0.25, 0.3) is 0 Å². The highest BCUT2D eigenvalue weighted by atomic mass is 19.1. The molecule has 1 aliphatic rings. The van der Waals surface area contributed by atoms with E-state index in [2.05, 4.69) is 5.10 Å². The van der Waals surface area contributed by atoms with Gasteiger partial charge >= 0.3 is 5.69 Å². The van der Waals surface area contributed by atoms with Crippen LogP contribution >= 0.6 is 0 Å². The lowest BCUT2D eigenvalue weighted by Gasteiger charge is -2.09. The fraction of sp³-hybridized carbons (Fsp3) is 0.308. The lowest BCUT2D eigenvalue weighted by atomic mass is 10.2. The summed E-state index contributed by atoms with van der Waals surface area (Å²) in [5, 5.41) is 12.7. The monoisotopic (exact) mass is 276 g/mol. The number of hydrogen-bond donors (Lipinski definition) is 0. The molecule has 20 heavy (non-hydrogen) atoms. The highest BCUT2D eigenvalue weighted by molar-refractivity contribution is 5.41. The Labute approximate surface area is 112 Å². The lowest BCUT2D eigenvalue weighted by Crippen LogP contribution is -2.26. The number of halogens is 2. The fourth-order valence-corrected chi connectivity index (χ4v) is 2.34. The summed E-state index contributed by atoms with van der Waals surface area (Å²) in [6.45, 7) is 0.536. The molecule has 0 aliphatic carbocycles. The molecule has 0 unspecified atom stereocenters. The topological polar surface area (TPSA) is 63.6 Å². The molecule has 0 saturated heterocycles. The van der Waals surface area contributed by atoms with Crippen LogP contribution < -0.4 is 5.69 Å². The normalized spacial score (nSPS) is 13.8. The first-order valence-electron chi connectivity index (χ1n) is 6.20.